The molecule has 1 aromatic heterocycles. The van der Waals surface area contributed by atoms with Gasteiger partial charge in [-0.1, -0.05) is 0 Å². The largest absolute Gasteiger partial charge is 0.481 e. The first kappa shape index (κ1) is 12.1. The van der Waals surface area contributed by atoms with E-state index in [1.165, 1.54) is 0 Å². The zero-order chi connectivity index (χ0) is 13.6. The van der Waals surface area contributed by atoms with Crippen LogP contribution < -0.4 is 5.32 Å². The van der Waals surface area contributed by atoms with Crippen molar-refractivity contribution in [2.75, 3.05) is 0 Å². The highest BCUT2D eigenvalue weighted by Crippen LogP contribution is 2.48. The Morgan fingerprint density at radius 3 is 2.74 bits per heavy atom. The van der Waals surface area contributed by atoms with Crippen LogP contribution in [0.5, 0.6) is 0 Å². The summed E-state index contributed by atoms with van der Waals surface area (Å²) < 4.78 is 0. The Balaban J connectivity index is 1.75. The van der Waals surface area contributed by atoms with Gasteiger partial charge in [0.1, 0.15) is 5.82 Å². The minimum absolute atomic E-state index is 0.0735. The molecule has 0 aromatic carbocycles. The zero-order valence-electron chi connectivity index (χ0n) is 10.6. The number of rotatable bonds is 3. The monoisotopic (exact) mass is 264 g/mol. The molecule has 19 heavy (non-hydrogen) atoms. The van der Waals surface area contributed by atoms with Crippen LogP contribution in [0.1, 0.15) is 35.7 Å². The van der Waals surface area contributed by atoms with Crippen LogP contribution in [-0.2, 0) is 4.79 Å². The van der Waals surface area contributed by atoms with E-state index in [1.54, 1.807) is 6.92 Å². The molecule has 102 valence electrons. The number of carbonyl (C=O) groups excluding carboxylic acids is 1. The van der Waals surface area contributed by atoms with E-state index >= 15 is 0 Å². The maximum atomic E-state index is 12.0. The number of aromatic amines is 1. The number of carboxylic acid groups (broad SMARTS) is 1. The van der Waals surface area contributed by atoms with Crippen LogP contribution in [-0.4, -0.2) is 38.2 Å². The summed E-state index contributed by atoms with van der Waals surface area (Å²) in [5.41, 5.74) is 0. The topological polar surface area (TPSA) is 108 Å². The summed E-state index contributed by atoms with van der Waals surface area (Å²) in [4.78, 5) is 27.3. The SMILES string of the molecule is Cc1nc(C(=O)NC2C3CCC(C3)C2C(=O)O)n[nH]1. The first-order chi connectivity index (χ1) is 9.06. The second kappa shape index (κ2) is 4.32. The van der Waals surface area contributed by atoms with Crippen LogP contribution in [0.4, 0.5) is 0 Å². The molecule has 3 rings (SSSR count). The summed E-state index contributed by atoms with van der Waals surface area (Å²) in [5.74, 6) is -0.575. The first-order valence-corrected chi connectivity index (χ1v) is 6.49. The smallest absolute Gasteiger partial charge is 0.308 e. The highest BCUT2D eigenvalue weighted by Gasteiger charge is 2.51. The second-order valence-corrected chi connectivity index (χ2v) is 5.44. The summed E-state index contributed by atoms with van der Waals surface area (Å²) in [5, 5.41) is 18.5. The van der Waals surface area contributed by atoms with Gasteiger partial charge in [0.15, 0.2) is 0 Å². The fourth-order valence-electron chi connectivity index (χ4n) is 3.51. The number of hydrogen-bond acceptors (Lipinski definition) is 4. The highest BCUT2D eigenvalue weighted by atomic mass is 16.4. The number of aromatic nitrogens is 3. The van der Waals surface area contributed by atoms with Crippen molar-refractivity contribution in [3.05, 3.63) is 11.6 Å². The molecule has 2 saturated carbocycles. The van der Waals surface area contributed by atoms with Crippen molar-refractivity contribution in [2.45, 2.75) is 32.2 Å². The van der Waals surface area contributed by atoms with Gasteiger partial charge >= 0.3 is 5.97 Å². The van der Waals surface area contributed by atoms with Crippen LogP contribution in [0, 0.1) is 24.7 Å². The van der Waals surface area contributed by atoms with Crippen LogP contribution in [0.3, 0.4) is 0 Å². The number of aliphatic carboxylic acids is 1. The maximum absolute atomic E-state index is 12.0. The normalized spacial score (nSPS) is 32.5. The number of carbonyl (C=O) groups is 2. The lowest BCUT2D eigenvalue weighted by atomic mass is 9.84. The third-order valence-corrected chi connectivity index (χ3v) is 4.30. The molecule has 2 aliphatic carbocycles. The van der Waals surface area contributed by atoms with Crippen LogP contribution in [0.2, 0.25) is 0 Å². The van der Waals surface area contributed by atoms with Gasteiger partial charge in [0.05, 0.1) is 5.92 Å². The van der Waals surface area contributed by atoms with Crippen molar-refractivity contribution in [3.8, 4) is 0 Å². The average Bonchev–Trinajstić information content (AvgIpc) is 3.03. The van der Waals surface area contributed by atoms with Crippen molar-refractivity contribution >= 4 is 11.9 Å². The molecule has 0 radical (unpaired) electrons. The van der Waals surface area contributed by atoms with Crippen molar-refractivity contribution in [1.29, 1.82) is 0 Å². The van der Waals surface area contributed by atoms with Gasteiger partial charge in [-0.05, 0) is 38.0 Å². The van der Waals surface area contributed by atoms with E-state index in [0.29, 0.717) is 5.82 Å². The van der Waals surface area contributed by atoms with Gasteiger partial charge in [0.25, 0.3) is 5.91 Å². The van der Waals surface area contributed by atoms with Gasteiger partial charge < -0.3 is 10.4 Å². The number of nitrogens with one attached hydrogen (secondary N) is 2. The molecule has 0 aliphatic heterocycles. The number of H-pyrrole nitrogens is 1. The molecular formula is C12H16N4O3. The van der Waals surface area contributed by atoms with Crippen LogP contribution >= 0.6 is 0 Å². The molecule has 1 aromatic rings. The van der Waals surface area contributed by atoms with Crippen LogP contribution in [0.25, 0.3) is 0 Å². The number of hydrogen-bond donors (Lipinski definition) is 3. The summed E-state index contributed by atoms with van der Waals surface area (Å²) in [6.45, 7) is 1.71. The predicted octanol–water partition coefficient (Wildman–Crippen LogP) is 0.342. The quantitative estimate of drug-likeness (QED) is 0.729. The Bertz CT molecular complexity index is 527. The molecule has 2 fully saturated rings. The van der Waals surface area contributed by atoms with Gasteiger partial charge in [0.2, 0.25) is 5.82 Å². The number of nitrogens with zero attached hydrogens (tertiary/aromatic N) is 2. The van der Waals surface area contributed by atoms with Crippen molar-refractivity contribution in [3.63, 3.8) is 0 Å². The Kier molecular flexibility index (Phi) is 2.76. The lowest BCUT2D eigenvalue weighted by Gasteiger charge is -2.28. The summed E-state index contributed by atoms with van der Waals surface area (Å²) in [6.07, 6.45) is 2.84. The molecule has 2 bridgehead atoms. The Hall–Kier alpha value is -1.92. The highest BCUT2D eigenvalue weighted by molar-refractivity contribution is 5.91. The zero-order valence-corrected chi connectivity index (χ0v) is 10.6. The third kappa shape index (κ3) is 1.98. The molecule has 4 unspecified atom stereocenters. The fourth-order valence-corrected chi connectivity index (χ4v) is 3.51. The van der Waals surface area contributed by atoms with Crippen LogP contribution in [0.15, 0.2) is 0 Å². The molecular weight excluding hydrogens is 248 g/mol. The predicted molar refractivity (Wildman–Crippen MR) is 64.3 cm³/mol. The van der Waals surface area contributed by atoms with E-state index in [2.05, 4.69) is 20.5 Å². The molecule has 7 heteroatoms. The minimum atomic E-state index is -0.816. The van der Waals surface area contributed by atoms with E-state index in [4.69, 9.17) is 0 Å². The Morgan fingerprint density at radius 2 is 2.11 bits per heavy atom. The van der Waals surface area contributed by atoms with Crippen molar-refractivity contribution < 1.29 is 14.7 Å². The second-order valence-electron chi connectivity index (χ2n) is 5.44. The molecule has 1 amide bonds. The summed E-state index contributed by atoms with van der Waals surface area (Å²) in [7, 11) is 0. The molecule has 2 aliphatic rings. The lowest BCUT2D eigenvalue weighted by Crippen LogP contribution is -2.47. The minimum Gasteiger partial charge on any atom is -0.481 e. The molecule has 1 heterocycles. The summed E-state index contributed by atoms with van der Waals surface area (Å²) in [6, 6.07) is -0.289. The Labute approximate surface area is 109 Å². The van der Waals surface area contributed by atoms with E-state index in [-0.39, 0.29) is 23.7 Å². The third-order valence-electron chi connectivity index (χ3n) is 4.30. The Morgan fingerprint density at radius 1 is 1.37 bits per heavy atom. The van der Waals surface area contributed by atoms with E-state index in [1.807, 2.05) is 0 Å². The molecule has 7 nitrogen and oxygen atoms in total. The molecule has 3 N–H and O–H groups in total. The number of amides is 1. The average molecular weight is 264 g/mol. The van der Waals surface area contributed by atoms with E-state index in [9.17, 15) is 14.7 Å². The van der Waals surface area contributed by atoms with E-state index in [0.717, 1.165) is 19.3 Å². The molecule has 4 atom stereocenters. The lowest BCUT2D eigenvalue weighted by molar-refractivity contribution is -0.144. The van der Waals surface area contributed by atoms with E-state index < -0.39 is 17.8 Å². The standard InChI is InChI=1S/C12H16N4O3/c1-5-13-10(16-15-5)11(17)14-9-7-3-2-6(4-7)8(9)12(18)19/h6-9H,2-4H2,1H3,(H,14,17)(H,18,19)(H,13,15,16). The first-order valence-electron chi connectivity index (χ1n) is 6.49. The number of fused-ring (bicyclic) bond motifs is 2. The number of aryl methyl sites for hydroxylation is 1. The summed E-state index contributed by atoms with van der Waals surface area (Å²) >= 11 is 0. The van der Waals surface area contributed by atoms with Gasteiger partial charge in [-0.2, -0.15) is 0 Å². The fraction of sp³-hybridized carbons (Fsp3) is 0.667. The molecule has 0 spiro atoms. The van der Waals surface area contributed by atoms with Crippen molar-refractivity contribution in [1.82, 2.24) is 20.5 Å². The molecule has 0 saturated heterocycles. The van der Waals surface area contributed by atoms with Gasteiger partial charge in [0, 0.05) is 6.04 Å². The number of carboxylic acids is 1. The van der Waals surface area contributed by atoms with Gasteiger partial charge in [-0.15, -0.1) is 5.10 Å². The van der Waals surface area contributed by atoms with Gasteiger partial charge in [-0.25, -0.2) is 4.98 Å². The van der Waals surface area contributed by atoms with Gasteiger partial charge in [-0.3, -0.25) is 14.7 Å². The van der Waals surface area contributed by atoms with Crippen molar-refractivity contribution in [2.24, 2.45) is 17.8 Å². The maximum Gasteiger partial charge on any atom is 0.308 e.